The fourth-order valence-electron chi connectivity index (χ4n) is 2.56. The van der Waals surface area contributed by atoms with Crippen molar-refractivity contribution in [2.75, 3.05) is 36.5 Å². The number of ether oxygens (including phenoxy) is 1. The number of morpholine rings is 1. The molecular weight excluding hydrogens is 328 g/mol. The van der Waals surface area contributed by atoms with Gasteiger partial charge in [0, 0.05) is 25.4 Å². The standard InChI is InChI=1S/C15H16N6O2S/c1-10-11(2-3-12(17-10)20-6-8-23-9-7-20)18-14-19-21-13(22)4-5-16-15(21)24-14/h2-5H,6-9H2,1H3,(H,18,19). The first-order valence-electron chi connectivity index (χ1n) is 7.63. The topological polar surface area (TPSA) is 84.6 Å². The number of anilines is 3. The fraction of sp³-hybridized carbons (Fsp3) is 0.333. The summed E-state index contributed by atoms with van der Waals surface area (Å²) >= 11 is 1.32. The molecule has 1 aliphatic heterocycles. The van der Waals surface area contributed by atoms with Crippen LogP contribution in [0.15, 0.2) is 29.2 Å². The van der Waals surface area contributed by atoms with Crippen LogP contribution in [0.2, 0.25) is 0 Å². The lowest BCUT2D eigenvalue weighted by atomic mass is 10.3. The van der Waals surface area contributed by atoms with Gasteiger partial charge in [0.2, 0.25) is 10.1 Å². The summed E-state index contributed by atoms with van der Waals surface area (Å²) in [6.45, 7) is 5.11. The number of rotatable bonds is 3. The molecule has 0 aromatic carbocycles. The van der Waals surface area contributed by atoms with E-state index in [-0.39, 0.29) is 5.56 Å². The first kappa shape index (κ1) is 15.0. The Morgan fingerprint density at radius 3 is 2.83 bits per heavy atom. The van der Waals surface area contributed by atoms with E-state index in [9.17, 15) is 4.79 Å². The normalized spacial score (nSPS) is 15.0. The van der Waals surface area contributed by atoms with E-state index in [1.807, 2.05) is 19.1 Å². The molecule has 0 spiro atoms. The molecule has 24 heavy (non-hydrogen) atoms. The van der Waals surface area contributed by atoms with Gasteiger partial charge in [-0.15, -0.1) is 5.10 Å². The SMILES string of the molecule is Cc1nc(N2CCOCC2)ccc1Nc1nn2c(=O)ccnc2s1. The van der Waals surface area contributed by atoms with Gasteiger partial charge in [-0.3, -0.25) is 4.79 Å². The van der Waals surface area contributed by atoms with E-state index in [0.717, 1.165) is 43.5 Å². The first-order chi connectivity index (χ1) is 11.7. The lowest BCUT2D eigenvalue weighted by Gasteiger charge is -2.28. The number of hydrogen-bond donors (Lipinski definition) is 1. The van der Waals surface area contributed by atoms with Gasteiger partial charge in [-0.05, 0) is 19.1 Å². The largest absolute Gasteiger partial charge is 0.378 e. The molecule has 0 amide bonds. The highest BCUT2D eigenvalue weighted by Gasteiger charge is 2.14. The van der Waals surface area contributed by atoms with Gasteiger partial charge in [0.25, 0.3) is 5.56 Å². The zero-order valence-corrected chi connectivity index (χ0v) is 13.9. The van der Waals surface area contributed by atoms with Gasteiger partial charge in [0.1, 0.15) is 5.82 Å². The third kappa shape index (κ3) is 2.83. The zero-order valence-electron chi connectivity index (χ0n) is 13.1. The third-order valence-corrected chi connectivity index (χ3v) is 4.66. The van der Waals surface area contributed by atoms with Crippen LogP contribution in [-0.2, 0) is 4.74 Å². The molecule has 0 radical (unpaired) electrons. The van der Waals surface area contributed by atoms with Crippen LogP contribution in [0.25, 0.3) is 4.96 Å². The lowest BCUT2D eigenvalue weighted by Crippen LogP contribution is -2.36. The van der Waals surface area contributed by atoms with Crippen LogP contribution in [0.3, 0.4) is 0 Å². The van der Waals surface area contributed by atoms with E-state index in [0.29, 0.717) is 10.1 Å². The number of fused-ring (bicyclic) bond motifs is 1. The van der Waals surface area contributed by atoms with Crippen LogP contribution in [0.5, 0.6) is 0 Å². The predicted molar refractivity (Wildman–Crippen MR) is 92.4 cm³/mol. The second-order valence-corrected chi connectivity index (χ2v) is 6.37. The third-order valence-electron chi connectivity index (χ3n) is 3.82. The van der Waals surface area contributed by atoms with E-state index < -0.39 is 0 Å². The van der Waals surface area contributed by atoms with Gasteiger partial charge in [0.15, 0.2) is 0 Å². The number of hydrogen-bond acceptors (Lipinski definition) is 8. The first-order valence-corrected chi connectivity index (χ1v) is 8.44. The Bertz CT molecular complexity index is 931. The average molecular weight is 344 g/mol. The number of nitrogens with one attached hydrogen (secondary N) is 1. The second kappa shape index (κ2) is 6.17. The number of nitrogens with zero attached hydrogens (tertiary/aromatic N) is 5. The van der Waals surface area contributed by atoms with Crippen molar-refractivity contribution in [2.45, 2.75) is 6.92 Å². The van der Waals surface area contributed by atoms with Crippen molar-refractivity contribution in [2.24, 2.45) is 0 Å². The van der Waals surface area contributed by atoms with Gasteiger partial charge >= 0.3 is 0 Å². The summed E-state index contributed by atoms with van der Waals surface area (Å²) in [7, 11) is 0. The van der Waals surface area contributed by atoms with E-state index >= 15 is 0 Å². The molecule has 1 aliphatic rings. The van der Waals surface area contributed by atoms with Crippen molar-refractivity contribution in [3.63, 3.8) is 0 Å². The summed E-state index contributed by atoms with van der Waals surface area (Å²) < 4.78 is 6.66. The van der Waals surface area contributed by atoms with Gasteiger partial charge in [0.05, 0.1) is 24.6 Å². The molecule has 0 bridgehead atoms. The van der Waals surface area contributed by atoms with Crippen LogP contribution in [0, 0.1) is 6.92 Å². The average Bonchev–Trinajstić information content (AvgIpc) is 3.02. The molecule has 1 fully saturated rings. The van der Waals surface area contributed by atoms with Crippen LogP contribution in [0.4, 0.5) is 16.6 Å². The van der Waals surface area contributed by atoms with Crippen molar-refractivity contribution >= 4 is 32.9 Å². The highest BCUT2D eigenvalue weighted by atomic mass is 32.1. The van der Waals surface area contributed by atoms with Gasteiger partial charge < -0.3 is 15.0 Å². The predicted octanol–water partition coefficient (Wildman–Crippen LogP) is 1.43. The van der Waals surface area contributed by atoms with E-state index in [4.69, 9.17) is 4.74 Å². The highest BCUT2D eigenvalue weighted by molar-refractivity contribution is 7.20. The maximum absolute atomic E-state index is 11.7. The summed E-state index contributed by atoms with van der Waals surface area (Å²) in [4.78, 5) is 23.3. The molecule has 4 rings (SSSR count). The Kier molecular flexibility index (Phi) is 3.87. The molecule has 124 valence electrons. The van der Waals surface area contributed by atoms with Crippen LogP contribution in [-0.4, -0.2) is 45.9 Å². The smallest absolute Gasteiger partial charge is 0.275 e. The molecule has 0 saturated carbocycles. The van der Waals surface area contributed by atoms with Gasteiger partial charge in [-0.25, -0.2) is 9.97 Å². The summed E-state index contributed by atoms with van der Waals surface area (Å²) in [5.41, 5.74) is 1.54. The fourth-order valence-corrected chi connectivity index (χ4v) is 3.35. The Labute approximate surface area is 141 Å². The molecule has 1 saturated heterocycles. The molecule has 4 heterocycles. The molecular formula is C15H16N6O2S. The Balaban J connectivity index is 1.59. The number of aromatic nitrogens is 4. The van der Waals surface area contributed by atoms with Crippen molar-refractivity contribution in [1.82, 2.24) is 19.6 Å². The second-order valence-electron chi connectivity index (χ2n) is 5.41. The van der Waals surface area contributed by atoms with Crippen molar-refractivity contribution in [3.05, 3.63) is 40.4 Å². The monoisotopic (exact) mass is 344 g/mol. The Hall–Kier alpha value is -2.52. The van der Waals surface area contributed by atoms with E-state index in [1.165, 1.54) is 28.1 Å². The van der Waals surface area contributed by atoms with E-state index in [1.54, 1.807) is 0 Å². The summed E-state index contributed by atoms with van der Waals surface area (Å²) in [5.74, 6) is 0.948. The van der Waals surface area contributed by atoms with E-state index in [2.05, 4.69) is 25.3 Å². The zero-order chi connectivity index (χ0) is 16.5. The van der Waals surface area contributed by atoms with Crippen LogP contribution >= 0.6 is 11.3 Å². The molecule has 3 aromatic rings. The summed E-state index contributed by atoms with van der Waals surface area (Å²) in [6, 6.07) is 5.36. The Morgan fingerprint density at radius 2 is 2.08 bits per heavy atom. The summed E-state index contributed by atoms with van der Waals surface area (Å²) in [6.07, 6.45) is 1.49. The van der Waals surface area contributed by atoms with Crippen LogP contribution < -0.4 is 15.8 Å². The number of aryl methyl sites for hydroxylation is 1. The minimum Gasteiger partial charge on any atom is -0.378 e. The van der Waals surface area contributed by atoms with Gasteiger partial charge in [-0.1, -0.05) is 11.3 Å². The van der Waals surface area contributed by atoms with Crippen molar-refractivity contribution in [1.29, 1.82) is 0 Å². The molecule has 0 atom stereocenters. The highest BCUT2D eigenvalue weighted by Crippen LogP contribution is 2.25. The molecule has 3 aromatic heterocycles. The number of pyridine rings is 1. The van der Waals surface area contributed by atoms with Crippen molar-refractivity contribution < 1.29 is 4.74 Å². The molecule has 8 nitrogen and oxygen atoms in total. The molecule has 0 aliphatic carbocycles. The van der Waals surface area contributed by atoms with Crippen LogP contribution in [0.1, 0.15) is 5.69 Å². The van der Waals surface area contributed by atoms with Crippen molar-refractivity contribution in [3.8, 4) is 0 Å². The molecule has 1 N–H and O–H groups in total. The maximum atomic E-state index is 11.7. The quantitative estimate of drug-likeness (QED) is 0.769. The lowest BCUT2D eigenvalue weighted by molar-refractivity contribution is 0.122. The maximum Gasteiger partial charge on any atom is 0.275 e. The summed E-state index contributed by atoms with van der Waals surface area (Å²) in [5, 5.41) is 8.08. The molecule has 0 unspecified atom stereocenters. The Morgan fingerprint density at radius 1 is 1.25 bits per heavy atom. The minimum absolute atomic E-state index is 0.193. The molecule has 9 heteroatoms. The minimum atomic E-state index is -0.193. The van der Waals surface area contributed by atoms with Gasteiger partial charge in [-0.2, -0.15) is 4.52 Å².